The summed E-state index contributed by atoms with van der Waals surface area (Å²) in [4.78, 5) is 29.4. The monoisotopic (exact) mass is 513 g/mol. The predicted molar refractivity (Wildman–Crippen MR) is 140 cm³/mol. The highest BCUT2D eigenvalue weighted by molar-refractivity contribution is 6.33. The average Bonchev–Trinajstić information content (AvgIpc) is 3.31. The summed E-state index contributed by atoms with van der Waals surface area (Å²) < 4.78 is 15.9. The molecule has 8 nitrogen and oxygen atoms in total. The summed E-state index contributed by atoms with van der Waals surface area (Å²) in [6, 6.07) is 10.8. The molecule has 0 aromatic heterocycles. The molecule has 2 aromatic rings. The standard InChI is InChI=1S/C27H32ClN3O5/c1-34-21-7-5-4-6-20(21)29-26(33)30-15-12-27(13-16-30)14-17-31(18-27)23(32)11-9-19-8-10-22(35-2)25(36-3)24(19)28/h4-11H,12-18H2,1-3H3,(H,29,33). The number of para-hydroxylation sites is 2. The first-order chi connectivity index (χ1) is 17.4. The molecule has 2 heterocycles. The minimum absolute atomic E-state index is 0.0472. The molecule has 0 aliphatic carbocycles. The Balaban J connectivity index is 1.32. The van der Waals surface area contributed by atoms with E-state index in [0.29, 0.717) is 59.7 Å². The summed E-state index contributed by atoms with van der Waals surface area (Å²) >= 11 is 6.43. The molecule has 3 amide bonds. The van der Waals surface area contributed by atoms with Crippen LogP contribution in [0, 0.1) is 5.41 Å². The number of carbonyl (C=O) groups is 2. The van der Waals surface area contributed by atoms with Crippen LogP contribution in [0.4, 0.5) is 10.5 Å². The number of methoxy groups -OCH3 is 3. The third kappa shape index (κ3) is 5.38. The van der Waals surface area contributed by atoms with E-state index in [4.69, 9.17) is 25.8 Å². The van der Waals surface area contributed by atoms with Gasteiger partial charge in [0.05, 0.1) is 32.0 Å². The number of halogens is 1. The average molecular weight is 514 g/mol. The van der Waals surface area contributed by atoms with Crippen molar-refractivity contribution in [1.29, 1.82) is 0 Å². The normalized spacial score (nSPS) is 16.9. The molecular weight excluding hydrogens is 482 g/mol. The van der Waals surface area contributed by atoms with Gasteiger partial charge >= 0.3 is 6.03 Å². The summed E-state index contributed by atoms with van der Waals surface area (Å²) in [6.07, 6.45) is 5.93. The van der Waals surface area contributed by atoms with Gasteiger partial charge in [-0.3, -0.25) is 4.79 Å². The fourth-order valence-corrected chi connectivity index (χ4v) is 5.25. The Kier molecular flexibility index (Phi) is 7.94. The number of hydrogen-bond acceptors (Lipinski definition) is 5. The lowest BCUT2D eigenvalue weighted by Gasteiger charge is -2.39. The van der Waals surface area contributed by atoms with Crippen LogP contribution in [0.3, 0.4) is 0 Å². The summed E-state index contributed by atoms with van der Waals surface area (Å²) in [5, 5.41) is 3.35. The first-order valence-electron chi connectivity index (χ1n) is 12.0. The second kappa shape index (κ2) is 11.1. The first-order valence-corrected chi connectivity index (χ1v) is 12.3. The summed E-state index contributed by atoms with van der Waals surface area (Å²) in [5.41, 5.74) is 1.39. The van der Waals surface area contributed by atoms with Gasteiger partial charge in [-0.25, -0.2) is 4.79 Å². The fourth-order valence-electron chi connectivity index (χ4n) is 4.96. The van der Waals surface area contributed by atoms with E-state index >= 15 is 0 Å². The van der Waals surface area contributed by atoms with Gasteiger partial charge in [0.15, 0.2) is 11.5 Å². The van der Waals surface area contributed by atoms with E-state index < -0.39 is 0 Å². The minimum atomic E-state index is -0.130. The van der Waals surface area contributed by atoms with Crippen LogP contribution >= 0.6 is 11.6 Å². The Hall–Kier alpha value is -3.39. The molecule has 2 aliphatic rings. The van der Waals surface area contributed by atoms with Gasteiger partial charge < -0.3 is 29.3 Å². The molecule has 9 heteroatoms. The van der Waals surface area contributed by atoms with Crippen LogP contribution in [-0.2, 0) is 4.79 Å². The number of likely N-dealkylation sites (tertiary alicyclic amines) is 2. The number of rotatable bonds is 6. The number of nitrogens with one attached hydrogen (secondary N) is 1. The van der Waals surface area contributed by atoms with Crippen molar-refractivity contribution in [3.05, 3.63) is 53.1 Å². The molecular formula is C27H32ClN3O5. The van der Waals surface area contributed by atoms with E-state index in [0.717, 1.165) is 19.3 Å². The number of nitrogens with zero attached hydrogens (tertiary/aromatic N) is 2. The van der Waals surface area contributed by atoms with E-state index in [1.165, 1.54) is 7.11 Å². The highest BCUT2D eigenvalue weighted by atomic mass is 35.5. The highest BCUT2D eigenvalue weighted by Gasteiger charge is 2.42. The molecule has 0 unspecified atom stereocenters. The molecule has 36 heavy (non-hydrogen) atoms. The largest absolute Gasteiger partial charge is 0.495 e. The van der Waals surface area contributed by atoms with Gasteiger partial charge in [0.1, 0.15) is 5.75 Å². The Morgan fingerprint density at radius 3 is 2.25 bits per heavy atom. The lowest BCUT2D eigenvalue weighted by atomic mass is 9.78. The van der Waals surface area contributed by atoms with Gasteiger partial charge in [0, 0.05) is 32.3 Å². The van der Waals surface area contributed by atoms with Crippen molar-refractivity contribution in [2.45, 2.75) is 19.3 Å². The fraction of sp³-hybridized carbons (Fsp3) is 0.407. The van der Waals surface area contributed by atoms with E-state index in [1.807, 2.05) is 34.1 Å². The van der Waals surface area contributed by atoms with Crippen molar-refractivity contribution in [2.24, 2.45) is 5.41 Å². The molecule has 0 radical (unpaired) electrons. The quantitative estimate of drug-likeness (QED) is 0.554. The molecule has 4 rings (SSSR count). The molecule has 2 aliphatic heterocycles. The number of amides is 3. The zero-order valence-corrected chi connectivity index (χ0v) is 21.6. The van der Waals surface area contributed by atoms with Gasteiger partial charge in [-0.2, -0.15) is 0 Å². The molecule has 2 saturated heterocycles. The van der Waals surface area contributed by atoms with Crippen molar-refractivity contribution in [3.63, 3.8) is 0 Å². The van der Waals surface area contributed by atoms with Crippen molar-refractivity contribution >= 4 is 35.3 Å². The van der Waals surface area contributed by atoms with Gasteiger partial charge in [0.2, 0.25) is 5.91 Å². The van der Waals surface area contributed by atoms with Crippen molar-refractivity contribution < 1.29 is 23.8 Å². The lowest BCUT2D eigenvalue weighted by molar-refractivity contribution is -0.125. The smallest absolute Gasteiger partial charge is 0.321 e. The number of benzene rings is 2. The topological polar surface area (TPSA) is 80.3 Å². The van der Waals surface area contributed by atoms with Gasteiger partial charge in [-0.1, -0.05) is 23.7 Å². The third-order valence-corrected chi connectivity index (χ3v) is 7.52. The van der Waals surface area contributed by atoms with E-state index in [2.05, 4.69) is 5.32 Å². The van der Waals surface area contributed by atoms with Crippen molar-refractivity contribution in [1.82, 2.24) is 9.80 Å². The maximum absolute atomic E-state index is 12.9. The van der Waals surface area contributed by atoms with Crippen molar-refractivity contribution in [3.8, 4) is 17.2 Å². The number of hydrogen-bond donors (Lipinski definition) is 1. The van der Waals surface area contributed by atoms with E-state index in [1.54, 1.807) is 38.5 Å². The van der Waals surface area contributed by atoms with Gasteiger partial charge in [-0.15, -0.1) is 0 Å². The first kappa shape index (κ1) is 25.7. The van der Waals surface area contributed by atoms with E-state index in [-0.39, 0.29) is 17.4 Å². The lowest BCUT2D eigenvalue weighted by Crippen LogP contribution is -2.46. The molecule has 1 spiro atoms. The Labute approximate surface area is 216 Å². The van der Waals surface area contributed by atoms with Crippen LogP contribution in [-0.4, -0.2) is 69.2 Å². The van der Waals surface area contributed by atoms with Crippen LogP contribution < -0.4 is 19.5 Å². The van der Waals surface area contributed by atoms with Crippen LogP contribution in [0.25, 0.3) is 6.08 Å². The predicted octanol–water partition coefficient (Wildman–Crippen LogP) is 4.93. The molecule has 0 bridgehead atoms. The number of ether oxygens (including phenoxy) is 3. The SMILES string of the molecule is COc1ccccc1NC(=O)N1CCC2(CCN(C(=O)C=Cc3ccc(OC)c(OC)c3Cl)C2)CC1. The summed E-state index contributed by atoms with van der Waals surface area (Å²) in [5.74, 6) is 1.56. The zero-order chi connectivity index (χ0) is 25.7. The minimum Gasteiger partial charge on any atom is -0.495 e. The van der Waals surface area contributed by atoms with Gasteiger partial charge in [-0.05, 0) is 60.6 Å². The molecule has 0 atom stereocenters. The molecule has 192 valence electrons. The van der Waals surface area contributed by atoms with Crippen molar-refractivity contribution in [2.75, 3.05) is 52.8 Å². The maximum atomic E-state index is 12.9. The number of urea groups is 1. The summed E-state index contributed by atoms with van der Waals surface area (Å²) in [6.45, 7) is 2.70. The van der Waals surface area contributed by atoms with Gasteiger partial charge in [0.25, 0.3) is 0 Å². The Morgan fingerprint density at radius 2 is 1.58 bits per heavy atom. The van der Waals surface area contributed by atoms with Crippen LogP contribution in [0.1, 0.15) is 24.8 Å². The van der Waals surface area contributed by atoms with Crippen LogP contribution in [0.15, 0.2) is 42.5 Å². The molecule has 2 aromatic carbocycles. The molecule has 0 saturated carbocycles. The number of carbonyl (C=O) groups excluding carboxylic acids is 2. The zero-order valence-electron chi connectivity index (χ0n) is 20.9. The number of piperidine rings is 1. The number of anilines is 1. The van der Waals surface area contributed by atoms with E-state index in [9.17, 15) is 9.59 Å². The Morgan fingerprint density at radius 1 is 0.917 bits per heavy atom. The molecule has 1 N–H and O–H groups in total. The van der Waals surface area contributed by atoms with Crippen LogP contribution in [0.5, 0.6) is 17.2 Å². The second-order valence-corrected chi connectivity index (χ2v) is 9.54. The maximum Gasteiger partial charge on any atom is 0.321 e. The highest BCUT2D eigenvalue weighted by Crippen LogP contribution is 2.41. The summed E-state index contributed by atoms with van der Waals surface area (Å²) in [7, 11) is 4.66. The third-order valence-electron chi connectivity index (χ3n) is 7.13. The second-order valence-electron chi connectivity index (χ2n) is 9.16. The van der Waals surface area contributed by atoms with Crippen LogP contribution in [0.2, 0.25) is 5.02 Å². The molecule has 2 fully saturated rings. The Bertz CT molecular complexity index is 1140.